The van der Waals surface area contributed by atoms with Crippen LogP contribution >= 0.6 is 0 Å². The van der Waals surface area contributed by atoms with Gasteiger partial charge in [-0.25, -0.2) is 0 Å². The fraction of sp³-hybridized carbons (Fsp3) is 0.724. The van der Waals surface area contributed by atoms with Gasteiger partial charge in [0.05, 0.1) is 24.4 Å². The Labute approximate surface area is 222 Å². The molecule has 5 atom stereocenters. The van der Waals surface area contributed by atoms with Gasteiger partial charge in [0.1, 0.15) is 6.04 Å². The summed E-state index contributed by atoms with van der Waals surface area (Å²) in [6.07, 6.45) is 8.34. The smallest absolute Gasteiger partial charge is 0.243 e. The number of aromatic nitrogens is 1. The second kappa shape index (κ2) is 15.7. The fourth-order valence-electron chi connectivity index (χ4n) is 5.21. The Kier molecular flexibility index (Phi) is 13.0. The number of carbonyl (C=O) groups excluding carboxylic acids is 3. The van der Waals surface area contributed by atoms with Crippen molar-refractivity contribution < 1.29 is 19.5 Å². The standard InChI is InChI=1S/C29H48N4O4/c1-6-20(4)27(29(37)31-18-23-14-10-11-15-30-23)33-28(36)24(19(2)3)17-26(35)25(32-21(5)34)16-22-12-8-7-9-13-22/h10-11,14-15,19-20,22,24-27,35H,6-9,12-13,16-18H2,1-5H3,(H,31,37)(H,32,34)(H,33,36)/t20?,24-,25-,26-,27+/m0/s1. The molecule has 4 N–H and O–H groups in total. The van der Waals surface area contributed by atoms with Gasteiger partial charge in [0.15, 0.2) is 0 Å². The maximum atomic E-state index is 13.5. The van der Waals surface area contributed by atoms with E-state index in [1.807, 2.05) is 45.9 Å². The topological polar surface area (TPSA) is 120 Å². The molecule has 37 heavy (non-hydrogen) atoms. The molecule has 0 bridgehead atoms. The minimum atomic E-state index is -0.844. The first-order valence-electron chi connectivity index (χ1n) is 14.0. The van der Waals surface area contributed by atoms with Crippen LogP contribution in [0, 0.1) is 23.7 Å². The summed E-state index contributed by atoms with van der Waals surface area (Å²) in [5.74, 6) is -0.791. The predicted molar refractivity (Wildman–Crippen MR) is 145 cm³/mol. The average Bonchev–Trinajstić information content (AvgIpc) is 2.88. The highest BCUT2D eigenvalue weighted by Crippen LogP contribution is 2.29. The molecule has 8 nitrogen and oxygen atoms in total. The van der Waals surface area contributed by atoms with Crippen molar-refractivity contribution in [3.63, 3.8) is 0 Å². The van der Waals surface area contributed by atoms with Crippen LogP contribution < -0.4 is 16.0 Å². The predicted octanol–water partition coefficient (Wildman–Crippen LogP) is 3.73. The van der Waals surface area contributed by atoms with Crippen molar-refractivity contribution >= 4 is 17.7 Å². The maximum absolute atomic E-state index is 13.5. The monoisotopic (exact) mass is 516 g/mol. The van der Waals surface area contributed by atoms with Crippen molar-refractivity contribution in [3.05, 3.63) is 30.1 Å². The number of hydrogen-bond acceptors (Lipinski definition) is 5. The summed E-state index contributed by atoms with van der Waals surface area (Å²) in [5.41, 5.74) is 0.746. The SMILES string of the molecule is CCC(C)[C@@H](NC(=O)[C@@H](C[C@H](O)[C@H](CC1CCCCC1)NC(C)=O)C(C)C)C(=O)NCc1ccccn1. The molecule has 2 rings (SSSR count). The number of amides is 3. The number of nitrogens with zero attached hydrogens (tertiary/aromatic N) is 1. The molecule has 0 spiro atoms. The van der Waals surface area contributed by atoms with Crippen molar-refractivity contribution in [2.45, 2.75) is 111 Å². The normalized spacial score (nSPS) is 18.4. The fourth-order valence-corrected chi connectivity index (χ4v) is 5.21. The average molecular weight is 517 g/mol. The van der Waals surface area contributed by atoms with E-state index in [4.69, 9.17) is 0 Å². The Morgan fingerprint density at radius 3 is 2.32 bits per heavy atom. The lowest BCUT2D eigenvalue weighted by atomic mass is 9.81. The molecule has 1 aliphatic carbocycles. The Hall–Kier alpha value is -2.48. The highest BCUT2D eigenvalue weighted by Gasteiger charge is 2.34. The van der Waals surface area contributed by atoms with Crippen LogP contribution in [0.5, 0.6) is 0 Å². The Bertz CT molecular complexity index is 842. The first-order valence-corrected chi connectivity index (χ1v) is 14.0. The van der Waals surface area contributed by atoms with Crippen molar-refractivity contribution in [3.8, 4) is 0 Å². The molecule has 1 fully saturated rings. The summed E-state index contributed by atoms with van der Waals surface area (Å²) in [6.45, 7) is 9.59. The van der Waals surface area contributed by atoms with E-state index in [0.717, 1.165) is 31.4 Å². The van der Waals surface area contributed by atoms with E-state index < -0.39 is 18.1 Å². The molecule has 0 aliphatic heterocycles. The summed E-state index contributed by atoms with van der Waals surface area (Å²) in [4.78, 5) is 42.7. The third kappa shape index (κ3) is 10.4. The second-order valence-corrected chi connectivity index (χ2v) is 11.1. The van der Waals surface area contributed by atoms with Gasteiger partial charge in [0.25, 0.3) is 0 Å². The van der Waals surface area contributed by atoms with Gasteiger partial charge in [-0.05, 0) is 42.7 Å². The molecular formula is C29H48N4O4. The van der Waals surface area contributed by atoms with Crippen LogP contribution in [0.1, 0.15) is 91.7 Å². The van der Waals surface area contributed by atoms with E-state index in [1.54, 1.807) is 6.20 Å². The zero-order valence-electron chi connectivity index (χ0n) is 23.3. The summed E-state index contributed by atoms with van der Waals surface area (Å²) in [7, 11) is 0. The molecule has 8 heteroatoms. The van der Waals surface area contributed by atoms with Crippen molar-refractivity contribution in [2.75, 3.05) is 0 Å². The lowest BCUT2D eigenvalue weighted by Crippen LogP contribution is -2.53. The van der Waals surface area contributed by atoms with Gasteiger partial charge in [0, 0.05) is 19.0 Å². The highest BCUT2D eigenvalue weighted by atomic mass is 16.3. The Balaban J connectivity index is 2.07. The van der Waals surface area contributed by atoms with Gasteiger partial charge in [-0.3, -0.25) is 19.4 Å². The molecule has 1 aromatic rings. The van der Waals surface area contributed by atoms with Gasteiger partial charge in [-0.2, -0.15) is 0 Å². The molecule has 3 amide bonds. The van der Waals surface area contributed by atoms with Gasteiger partial charge in [-0.15, -0.1) is 0 Å². The van der Waals surface area contributed by atoms with Crippen LogP contribution in [-0.4, -0.2) is 46.0 Å². The molecule has 1 aromatic heterocycles. The maximum Gasteiger partial charge on any atom is 0.243 e. The van der Waals surface area contributed by atoms with E-state index in [1.165, 1.54) is 26.2 Å². The molecule has 1 aliphatic rings. The lowest BCUT2D eigenvalue weighted by Gasteiger charge is -2.33. The van der Waals surface area contributed by atoms with Gasteiger partial charge < -0.3 is 21.1 Å². The number of aliphatic hydroxyl groups excluding tert-OH is 1. The summed E-state index contributed by atoms with van der Waals surface area (Å²) in [6, 6.07) is 4.45. The number of hydrogen-bond donors (Lipinski definition) is 4. The zero-order valence-corrected chi connectivity index (χ0v) is 23.3. The Morgan fingerprint density at radius 2 is 1.76 bits per heavy atom. The summed E-state index contributed by atoms with van der Waals surface area (Å²) in [5, 5.41) is 20.0. The molecule has 0 radical (unpaired) electrons. The number of rotatable bonds is 14. The van der Waals surface area contributed by atoms with Crippen molar-refractivity contribution in [2.24, 2.45) is 23.7 Å². The van der Waals surface area contributed by atoms with Gasteiger partial charge >= 0.3 is 0 Å². The van der Waals surface area contributed by atoms with Crippen LogP contribution in [0.2, 0.25) is 0 Å². The summed E-state index contributed by atoms with van der Waals surface area (Å²) >= 11 is 0. The number of nitrogens with one attached hydrogen (secondary N) is 3. The molecule has 1 unspecified atom stereocenters. The minimum absolute atomic E-state index is 0.0449. The number of pyridine rings is 1. The molecule has 0 saturated heterocycles. The van der Waals surface area contributed by atoms with E-state index >= 15 is 0 Å². The second-order valence-electron chi connectivity index (χ2n) is 11.1. The molecule has 1 heterocycles. The first-order chi connectivity index (χ1) is 17.6. The van der Waals surface area contributed by atoms with E-state index in [-0.39, 0.29) is 48.6 Å². The van der Waals surface area contributed by atoms with Crippen molar-refractivity contribution in [1.82, 2.24) is 20.9 Å². The molecule has 0 aromatic carbocycles. The van der Waals surface area contributed by atoms with Crippen LogP contribution in [0.15, 0.2) is 24.4 Å². The molecule has 208 valence electrons. The summed E-state index contributed by atoms with van der Waals surface area (Å²) < 4.78 is 0. The third-order valence-electron chi connectivity index (χ3n) is 7.77. The van der Waals surface area contributed by atoms with Gasteiger partial charge in [-0.1, -0.05) is 72.3 Å². The van der Waals surface area contributed by atoms with E-state index in [2.05, 4.69) is 20.9 Å². The van der Waals surface area contributed by atoms with Crippen LogP contribution in [0.3, 0.4) is 0 Å². The highest BCUT2D eigenvalue weighted by molar-refractivity contribution is 5.88. The van der Waals surface area contributed by atoms with Crippen LogP contribution in [0.4, 0.5) is 0 Å². The molecule has 1 saturated carbocycles. The quantitative estimate of drug-likeness (QED) is 0.300. The Morgan fingerprint density at radius 1 is 1.05 bits per heavy atom. The number of carbonyl (C=O) groups is 3. The third-order valence-corrected chi connectivity index (χ3v) is 7.77. The zero-order chi connectivity index (χ0) is 27.4. The van der Waals surface area contributed by atoms with E-state index in [9.17, 15) is 19.5 Å². The largest absolute Gasteiger partial charge is 0.391 e. The van der Waals surface area contributed by atoms with E-state index in [0.29, 0.717) is 5.92 Å². The number of aliphatic hydroxyl groups is 1. The van der Waals surface area contributed by atoms with Crippen molar-refractivity contribution in [1.29, 1.82) is 0 Å². The molecular weight excluding hydrogens is 468 g/mol. The van der Waals surface area contributed by atoms with Crippen LogP contribution in [-0.2, 0) is 20.9 Å². The minimum Gasteiger partial charge on any atom is -0.391 e. The van der Waals surface area contributed by atoms with Crippen LogP contribution in [0.25, 0.3) is 0 Å². The van der Waals surface area contributed by atoms with Gasteiger partial charge in [0.2, 0.25) is 17.7 Å². The first kappa shape index (κ1) is 30.7. The lowest BCUT2D eigenvalue weighted by molar-refractivity contribution is -0.134.